The number of carbonyl (C=O) groups excluding carboxylic acids is 1. The zero-order valence-electron chi connectivity index (χ0n) is 17.7. The fraction of sp³-hybridized carbons (Fsp3) is 0.318. The first kappa shape index (κ1) is 22.0. The van der Waals surface area contributed by atoms with Crippen LogP contribution in [-0.2, 0) is 23.1 Å². The largest absolute Gasteiger partial charge is 0.485 e. The third-order valence-corrected chi connectivity index (χ3v) is 7.02. The maximum atomic E-state index is 12.6. The molecule has 2 aromatic carbocycles. The number of anilines is 1. The minimum absolute atomic E-state index is 0.168. The number of ether oxygens (including phenoxy) is 1. The van der Waals surface area contributed by atoms with Gasteiger partial charge < -0.3 is 14.6 Å². The van der Waals surface area contributed by atoms with Crippen molar-refractivity contribution in [1.82, 2.24) is 14.4 Å². The summed E-state index contributed by atoms with van der Waals surface area (Å²) in [6.45, 7) is 3.19. The number of carbonyl (C=O) groups is 1. The maximum Gasteiger partial charge on any atom is 0.255 e. The summed E-state index contributed by atoms with van der Waals surface area (Å²) in [5.41, 5.74) is 0.957. The van der Waals surface area contributed by atoms with E-state index in [0.29, 0.717) is 48.2 Å². The van der Waals surface area contributed by atoms with Crippen LogP contribution in [0.5, 0.6) is 5.75 Å². The van der Waals surface area contributed by atoms with Crippen LogP contribution in [-0.4, -0.2) is 41.9 Å². The lowest BCUT2D eigenvalue weighted by Gasteiger charge is -2.15. The van der Waals surface area contributed by atoms with E-state index in [0.717, 1.165) is 12.8 Å². The predicted molar refractivity (Wildman–Crippen MR) is 117 cm³/mol. The summed E-state index contributed by atoms with van der Waals surface area (Å²) in [5.74, 6) is 1.27. The first-order chi connectivity index (χ1) is 15.5. The molecule has 0 atom stereocenters. The first-order valence-electron chi connectivity index (χ1n) is 10.4. The normalized spacial score (nSPS) is 14.4. The Bertz CT molecular complexity index is 1170. The van der Waals surface area contributed by atoms with Gasteiger partial charge in [0, 0.05) is 30.8 Å². The predicted octanol–water partition coefficient (Wildman–Crippen LogP) is 3.25. The van der Waals surface area contributed by atoms with E-state index < -0.39 is 10.0 Å². The van der Waals surface area contributed by atoms with E-state index in [1.165, 1.54) is 16.4 Å². The molecule has 0 radical (unpaired) electrons. The molecule has 3 aromatic rings. The third-order valence-electron chi connectivity index (χ3n) is 5.11. The van der Waals surface area contributed by atoms with Gasteiger partial charge in [0.1, 0.15) is 5.75 Å². The lowest BCUT2D eigenvalue weighted by atomic mass is 10.2. The van der Waals surface area contributed by atoms with Crippen molar-refractivity contribution in [3.05, 3.63) is 65.8 Å². The van der Waals surface area contributed by atoms with Crippen LogP contribution in [0.25, 0.3) is 0 Å². The highest BCUT2D eigenvalue weighted by atomic mass is 32.2. The molecule has 1 aliphatic rings. The standard InChI is InChI=1S/C22H24N4O5S/c1-2-21-24-20(25-31-21)15-30-18-9-5-16(6-10-18)22(27)23-17-7-11-19(12-8-17)32(28,29)26-13-3-4-14-26/h5-12H,2-4,13-15H2,1H3,(H,23,27). The molecular formula is C22H24N4O5S. The highest BCUT2D eigenvalue weighted by Crippen LogP contribution is 2.22. The molecule has 0 spiro atoms. The molecule has 0 unspecified atom stereocenters. The van der Waals surface area contributed by atoms with Gasteiger partial charge in [-0.05, 0) is 61.4 Å². The van der Waals surface area contributed by atoms with Gasteiger partial charge >= 0.3 is 0 Å². The van der Waals surface area contributed by atoms with Crippen molar-refractivity contribution in [2.45, 2.75) is 37.7 Å². The van der Waals surface area contributed by atoms with Crippen LogP contribution in [0.15, 0.2) is 57.9 Å². The number of rotatable bonds is 8. The summed E-state index contributed by atoms with van der Waals surface area (Å²) in [6, 6.07) is 12.9. The summed E-state index contributed by atoms with van der Waals surface area (Å²) in [7, 11) is -3.47. The minimum Gasteiger partial charge on any atom is -0.485 e. The van der Waals surface area contributed by atoms with Gasteiger partial charge in [-0.15, -0.1) is 0 Å². The van der Waals surface area contributed by atoms with E-state index in [2.05, 4.69) is 15.5 Å². The Morgan fingerprint density at radius 1 is 1.09 bits per heavy atom. The van der Waals surface area contributed by atoms with Crippen LogP contribution in [0.2, 0.25) is 0 Å². The lowest BCUT2D eigenvalue weighted by Crippen LogP contribution is -2.27. The average molecular weight is 457 g/mol. The number of nitrogens with one attached hydrogen (secondary N) is 1. The Kier molecular flexibility index (Phi) is 6.52. The van der Waals surface area contributed by atoms with Crippen molar-refractivity contribution < 1.29 is 22.5 Å². The van der Waals surface area contributed by atoms with Crippen molar-refractivity contribution >= 4 is 21.6 Å². The van der Waals surface area contributed by atoms with Crippen LogP contribution < -0.4 is 10.1 Å². The number of hydrogen-bond acceptors (Lipinski definition) is 7. The quantitative estimate of drug-likeness (QED) is 0.553. The molecule has 1 N–H and O–H groups in total. The number of aromatic nitrogens is 2. The number of aryl methyl sites for hydroxylation is 1. The SMILES string of the molecule is CCc1nc(COc2ccc(C(=O)Nc3ccc(S(=O)(=O)N4CCCC4)cc3)cc2)no1. The summed E-state index contributed by atoms with van der Waals surface area (Å²) < 4.78 is 37.3. The fourth-order valence-corrected chi connectivity index (χ4v) is 4.85. The second-order valence-electron chi connectivity index (χ2n) is 7.36. The van der Waals surface area contributed by atoms with Gasteiger partial charge in [-0.2, -0.15) is 9.29 Å². The highest BCUT2D eigenvalue weighted by molar-refractivity contribution is 7.89. The first-order valence-corrected chi connectivity index (χ1v) is 11.9. The number of amides is 1. The third kappa shape index (κ3) is 4.97. The number of sulfonamides is 1. The highest BCUT2D eigenvalue weighted by Gasteiger charge is 2.26. The number of nitrogens with zero attached hydrogens (tertiary/aromatic N) is 3. The average Bonchev–Trinajstić information content (AvgIpc) is 3.51. The van der Waals surface area contributed by atoms with Crippen molar-refractivity contribution in [2.75, 3.05) is 18.4 Å². The Morgan fingerprint density at radius 3 is 2.41 bits per heavy atom. The Labute approximate surface area is 186 Å². The van der Waals surface area contributed by atoms with Gasteiger partial charge in [-0.1, -0.05) is 12.1 Å². The molecule has 1 aliphatic heterocycles. The molecule has 9 nitrogen and oxygen atoms in total. The molecule has 10 heteroatoms. The van der Waals surface area contributed by atoms with E-state index >= 15 is 0 Å². The van der Waals surface area contributed by atoms with E-state index in [1.807, 2.05) is 6.92 Å². The Morgan fingerprint density at radius 2 is 1.78 bits per heavy atom. The monoisotopic (exact) mass is 456 g/mol. The second-order valence-corrected chi connectivity index (χ2v) is 9.30. The van der Waals surface area contributed by atoms with Crippen LogP contribution in [0.3, 0.4) is 0 Å². The summed E-state index contributed by atoms with van der Waals surface area (Å²) in [6.07, 6.45) is 2.43. The van der Waals surface area contributed by atoms with E-state index in [9.17, 15) is 13.2 Å². The number of hydrogen-bond donors (Lipinski definition) is 1. The van der Waals surface area contributed by atoms with Gasteiger partial charge in [0.15, 0.2) is 6.61 Å². The Hall–Kier alpha value is -3.24. The van der Waals surface area contributed by atoms with Crippen molar-refractivity contribution in [2.24, 2.45) is 0 Å². The fourth-order valence-electron chi connectivity index (χ4n) is 3.33. The van der Waals surface area contributed by atoms with Crippen LogP contribution in [0.1, 0.15) is 41.8 Å². The Balaban J connectivity index is 1.34. The van der Waals surface area contributed by atoms with Crippen LogP contribution in [0.4, 0.5) is 5.69 Å². The van der Waals surface area contributed by atoms with Crippen molar-refractivity contribution in [3.63, 3.8) is 0 Å². The van der Waals surface area contributed by atoms with E-state index in [-0.39, 0.29) is 17.4 Å². The summed E-state index contributed by atoms with van der Waals surface area (Å²) in [5, 5.41) is 6.60. The molecule has 1 fully saturated rings. The second kappa shape index (κ2) is 9.49. The molecule has 32 heavy (non-hydrogen) atoms. The molecule has 0 saturated carbocycles. The van der Waals surface area contributed by atoms with Gasteiger partial charge in [0.05, 0.1) is 4.90 Å². The molecule has 2 heterocycles. The van der Waals surface area contributed by atoms with Gasteiger partial charge in [0.25, 0.3) is 5.91 Å². The molecule has 0 aliphatic carbocycles. The zero-order chi connectivity index (χ0) is 22.6. The molecule has 1 saturated heterocycles. The van der Waals surface area contributed by atoms with Gasteiger partial charge in [0.2, 0.25) is 21.7 Å². The summed E-state index contributed by atoms with van der Waals surface area (Å²) in [4.78, 5) is 16.9. The number of benzene rings is 2. The van der Waals surface area contributed by atoms with Crippen molar-refractivity contribution in [3.8, 4) is 5.75 Å². The van der Waals surface area contributed by atoms with Crippen molar-refractivity contribution in [1.29, 1.82) is 0 Å². The zero-order valence-corrected chi connectivity index (χ0v) is 18.5. The van der Waals surface area contributed by atoms with Gasteiger partial charge in [-0.3, -0.25) is 4.79 Å². The molecule has 4 rings (SSSR count). The molecule has 1 aromatic heterocycles. The molecule has 0 bridgehead atoms. The van der Waals surface area contributed by atoms with Crippen LogP contribution >= 0.6 is 0 Å². The molecule has 168 valence electrons. The summed E-state index contributed by atoms with van der Waals surface area (Å²) >= 11 is 0. The van der Waals surface area contributed by atoms with E-state index in [1.54, 1.807) is 36.4 Å². The topological polar surface area (TPSA) is 115 Å². The molecular weight excluding hydrogens is 432 g/mol. The minimum atomic E-state index is -3.47. The lowest BCUT2D eigenvalue weighted by molar-refractivity contribution is 0.102. The van der Waals surface area contributed by atoms with Gasteiger partial charge in [-0.25, -0.2) is 8.42 Å². The van der Waals surface area contributed by atoms with Crippen LogP contribution in [0, 0.1) is 0 Å². The molecule has 1 amide bonds. The maximum absolute atomic E-state index is 12.6. The van der Waals surface area contributed by atoms with E-state index in [4.69, 9.17) is 9.26 Å². The smallest absolute Gasteiger partial charge is 0.255 e.